The van der Waals surface area contributed by atoms with Crippen molar-refractivity contribution in [3.63, 3.8) is 0 Å². The van der Waals surface area contributed by atoms with Gasteiger partial charge in [0.25, 0.3) is 5.91 Å². The number of halogens is 1. The van der Waals surface area contributed by atoms with Gasteiger partial charge in [-0.25, -0.2) is 4.98 Å². The van der Waals surface area contributed by atoms with Gasteiger partial charge in [-0.05, 0) is 43.2 Å². The van der Waals surface area contributed by atoms with Crippen LogP contribution in [0.4, 0.5) is 5.82 Å². The maximum absolute atomic E-state index is 12.6. The van der Waals surface area contributed by atoms with Gasteiger partial charge in [-0.3, -0.25) is 4.79 Å². The molecule has 0 N–H and O–H groups in total. The summed E-state index contributed by atoms with van der Waals surface area (Å²) < 4.78 is 0. The van der Waals surface area contributed by atoms with E-state index >= 15 is 0 Å². The van der Waals surface area contributed by atoms with Crippen molar-refractivity contribution in [2.75, 3.05) is 25.0 Å². The molecule has 3 rings (SSSR count). The molecule has 0 aliphatic carbocycles. The van der Waals surface area contributed by atoms with Crippen molar-refractivity contribution in [3.05, 3.63) is 59.2 Å². The SMILES string of the molecule is CN(C(=O)c1cccc(Cl)c1)C1CCN(c2ccccn2)CC1. The molecular formula is C18H20ClN3O. The fourth-order valence-corrected chi connectivity index (χ4v) is 3.20. The van der Waals surface area contributed by atoms with Gasteiger partial charge < -0.3 is 9.80 Å². The van der Waals surface area contributed by atoms with Crippen LogP contribution in [0.1, 0.15) is 23.2 Å². The summed E-state index contributed by atoms with van der Waals surface area (Å²) in [7, 11) is 1.88. The second-order valence-corrected chi connectivity index (χ2v) is 6.27. The molecule has 120 valence electrons. The minimum absolute atomic E-state index is 0.0313. The van der Waals surface area contributed by atoms with Crippen LogP contribution >= 0.6 is 11.6 Å². The van der Waals surface area contributed by atoms with Gasteiger partial charge in [0.2, 0.25) is 0 Å². The first kappa shape index (κ1) is 15.8. The minimum atomic E-state index is 0.0313. The maximum Gasteiger partial charge on any atom is 0.253 e. The topological polar surface area (TPSA) is 36.4 Å². The summed E-state index contributed by atoms with van der Waals surface area (Å²) in [5.41, 5.74) is 0.646. The Morgan fingerprint density at radius 3 is 2.65 bits per heavy atom. The molecule has 1 amide bonds. The van der Waals surface area contributed by atoms with Crippen molar-refractivity contribution in [2.45, 2.75) is 18.9 Å². The summed E-state index contributed by atoms with van der Waals surface area (Å²) in [6, 6.07) is 13.3. The Kier molecular flexibility index (Phi) is 4.82. The number of anilines is 1. The lowest BCUT2D eigenvalue weighted by atomic mass is 10.0. The van der Waals surface area contributed by atoms with Crippen molar-refractivity contribution in [2.24, 2.45) is 0 Å². The predicted molar refractivity (Wildman–Crippen MR) is 93.0 cm³/mol. The van der Waals surface area contributed by atoms with E-state index in [0.29, 0.717) is 10.6 Å². The highest BCUT2D eigenvalue weighted by molar-refractivity contribution is 6.30. The molecule has 1 aliphatic heterocycles. The Morgan fingerprint density at radius 1 is 1.22 bits per heavy atom. The van der Waals surface area contributed by atoms with Crippen molar-refractivity contribution >= 4 is 23.3 Å². The number of rotatable bonds is 3. The van der Waals surface area contributed by atoms with Gasteiger partial charge in [-0.1, -0.05) is 23.7 Å². The number of pyridine rings is 1. The lowest BCUT2D eigenvalue weighted by Crippen LogP contribution is -2.45. The lowest BCUT2D eigenvalue weighted by Gasteiger charge is -2.37. The quantitative estimate of drug-likeness (QED) is 0.865. The number of benzene rings is 1. The van der Waals surface area contributed by atoms with E-state index in [1.54, 1.807) is 12.1 Å². The Balaban J connectivity index is 1.62. The standard InChI is InChI=1S/C18H20ClN3O/c1-21(18(23)14-5-4-6-15(19)13-14)16-8-11-22(12-9-16)17-7-2-3-10-20-17/h2-7,10,13,16H,8-9,11-12H2,1H3. The van der Waals surface area contributed by atoms with Gasteiger partial charge in [0.1, 0.15) is 5.82 Å². The fourth-order valence-electron chi connectivity index (χ4n) is 3.01. The van der Waals surface area contributed by atoms with Gasteiger partial charge in [-0.2, -0.15) is 0 Å². The van der Waals surface area contributed by atoms with E-state index in [1.807, 2.05) is 48.5 Å². The second-order valence-electron chi connectivity index (χ2n) is 5.83. The molecule has 1 aromatic heterocycles. The lowest BCUT2D eigenvalue weighted by molar-refractivity contribution is 0.0709. The fraction of sp³-hybridized carbons (Fsp3) is 0.333. The van der Waals surface area contributed by atoms with E-state index in [-0.39, 0.29) is 11.9 Å². The van der Waals surface area contributed by atoms with E-state index in [2.05, 4.69) is 9.88 Å². The van der Waals surface area contributed by atoms with Crippen LogP contribution < -0.4 is 4.90 Å². The van der Waals surface area contributed by atoms with Crippen molar-refractivity contribution < 1.29 is 4.79 Å². The Bertz CT molecular complexity index is 669. The first-order valence-corrected chi connectivity index (χ1v) is 8.21. The van der Waals surface area contributed by atoms with Gasteiger partial charge in [0, 0.05) is 43.0 Å². The van der Waals surface area contributed by atoms with E-state index in [0.717, 1.165) is 31.7 Å². The van der Waals surface area contributed by atoms with E-state index in [1.165, 1.54) is 0 Å². The van der Waals surface area contributed by atoms with Gasteiger partial charge in [-0.15, -0.1) is 0 Å². The zero-order valence-corrected chi connectivity index (χ0v) is 13.9. The number of carbonyl (C=O) groups is 1. The molecule has 5 heteroatoms. The van der Waals surface area contributed by atoms with Crippen LogP contribution in [0.25, 0.3) is 0 Å². The predicted octanol–water partition coefficient (Wildman–Crippen LogP) is 3.48. The van der Waals surface area contributed by atoms with E-state index in [4.69, 9.17) is 11.6 Å². The minimum Gasteiger partial charge on any atom is -0.356 e. The molecule has 1 aromatic carbocycles. The Hall–Kier alpha value is -2.07. The molecular weight excluding hydrogens is 310 g/mol. The Morgan fingerprint density at radius 2 is 2.00 bits per heavy atom. The third-order valence-corrected chi connectivity index (χ3v) is 4.61. The molecule has 0 saturated carbocycles. The van der Waals surface area contributed by atoms with Crippen LogP contribution in [0.3, 0.4) is 0 Å². The summed E-state index contributed by atoms with van der Waals surface area (Å²) in [6.45, 7) is 1.82. The molecule has 2 aromatic rings. The highest BCUT2D eigenvalue weighted by Gasteiger charge is 2.26. The zero-order valence-electron chi connectivity index (χ0n) is 13.2. The number of piperidine rings is 1. The van der Waals surface area contributed by atoms with E-state index in [9.17, 15) is 4.79 Å². The first-order chi connectivity index (χ1) is 11.1. The smallest absolute Gasteiger partial charge is 0.253 e. The van der Waals surface area contributed by atoms with Crippen molar-refractivity contribution in [1.82, 2.24) is 9.88 Å². The van der Waals surface area contributed by atoms with E-state index < -0.39 is 0 Å². The Labute approximate surface area is 141 Å². The van der Waals surface area contributed by atoms with Gasteiger partial charge >= 0.3 is 0 Å². The number of hydrogen-bond donors (Lipinski definition) is 0. The number of hydrogen-bond acceptors (Lipinski definition) is 3. The summed E-state index contributed by atoms with van der Waals surface area (Å²) in [5, 5.41) is 0.592. The largest absolute Gasteiger partial charge is 0.356 e. The molecule has 0 bridgehead atoms. The van der Waals surface area contributed by atoms with Gasteiger partial charge in [0.05, 0.1) is 0 Å². The maximum atomic E-state index is 12.6. The number of aromatic nitrogens is 1. The number of nitrogens with zero attached hydrogens (tertiary/aromatic N) is 3. The third kappa shape index (κ3) is 3.64. The second kappa shape index (κ2) is 7.01. The first-order valence-electron chi connectivity index (χ1n) is 7.84. The molecule has 1 aliphatic rings. The third-order valence-electron chi connectivity index (χ3n) is 4.38. The number of amides is 1. The van der Waals surface area contributed by atoms with Crippen LogP contribution in [0, 0.1) is 0 Å². The van der Waals surface area contributed by atoms with Crippen LogP contribution in [0.15, 0.2) is 48.7 Å². The molecule has 0 spiro atoms. The normalized spacial score (nSPS) is 15.5. The summed E-state index contributed by atoms with van der Waals surface area (Å²) in [4.78, 5) is 21.1. The highest BCUT2D eigenvalue weighted by atomic mass is 35.5. The summed E-state index contributed by atoms with van der Waals surface area (Å²) in [5.74, 6) is 1.04. The average Bonchev–Trinajstić information content (AvgIpc) is 2.61. The van der Waals surface area contributed by atoms with Crippen LogP contribution in [-0.2, 0) is 0 Å². The summed E-state index contributed by atoms with van der Waals surface area (Å²) in [6.07, 6.45) is 3.70. The van der Waals surface area contributed by atoms with Crippen LogP contribution in [-0.4, -0.2) is 42.0 Å². The highest BCUT2D eigenvalue weighted by Crippen LogP contribution is 2.22. The summed E-state index contributed by atoms with van der Waals surface area (Å²) >= 11 is 5.98. The molecule has 1 saturated heterocycles. The molecule has 1 fully saturated rings. The molecule has 23 heavy (non-hydrogen) atoms. The van der Waals surface area contributed by atoms with Crippen LogP contribution in [0.5, 0.6) is 0 Å². The van der Waals surface area contributed by atoms with Crippen LogP contribution in [0.2, 0.25) is 5.02 Å². The molecule has 2 heterocycles. The van der Waals surface area contributed by atoms with Gasteiger partial charge in [0.15, 0.2) is 0 Å². The monoisotopic (exact) mass is 329 g/mol. The molecule has 4 nitrogen and oxygen atoms in total. The number of carbonyl (C=O) groups excluding carboxylic acids is 1. The van der Waals surface area contributed by atoms with Crippen molar-refractivity contribution in [3.8, 4) is 0 Å². The molecule has 0 atom stereocenters. The van der Waals surface area contributed by atoms with Crippen molar-refractivity contribution in [1.29, 1.82) is 0 Å². The average molecular weight is 330 g/mol. The molecule has 0 radical (unpaired) electrons. The zero-order chi connectivity index (χ0) is 16.2. The molecule has 0 unspecified atom stereocenters.